The predicted octanol–water partition coefficient (Wildman–Crippen LogP) is 5.16. The van der Waals surface area contributed by atoms with Gasteiger partial charge in [-0.3, -0.25) is 14.4 Å². The lowest BCUT2D eigenvalue weighted by Crippen LogP contribution is -1.93. The van der Waals surface area contributed by atoms with E-state index >= 15 is 0 Å². The summed E-state index contributed by atoms with van der Waals surface area (Å²) in [7, 11) is 0. The number of pyridine rings is 3. The summed E-state index contributed by atoms with van der Waals surface area (Å²) in [4.78, 5) is 13.6. The van der Waals surface area contributed by atoms with E-state index < -0.39 is 0 Å². The van der Waals surface area contributed by atoms with Gasteiger partial charge in [0.25, 0.3) is 0 Å². The van der Waals surface area contributed by atoms with E-state index in [1.54, 1.807) is 0 Å². The van der Waals surface area contributed by atoms with Crippen molar-refractivity contribution in [3.8, 4) is 11.1 Å². The van der Waals surface area contributed by atoms with Gasteiger partial charge in [0.15, 0.2) is 0 Å². The van der Waals surface area contributed by atoms with Crippen LogP contribution in [0, 0.1) is 0 Å². The van der Waals surface area contributed by atoms with Crippen LogP contribution in [0.3, 0.4) is 0 Å². The molecule has 1 aliphatic rings. The Kier molecular flexibility index (Phi) is 2.51. The van der Waals surface area contributed by atoms with Crippen molar-refractivity contribution < 1.29 is 0 Å². The third-order valence-corrected chi connectivity index (χ3v) is 5.96. The molecule has 0 unspecified atom stereocenters. The van der Waals surface area contributed by atoms with E-state index in [4.69, 9.17) is 4.98 Å². The van der Waals surface area contributed by atoms with E-state index in [9.17, 15) is 0 Å². The van der Waals surface area contributed by atoms with E-state index in [2.05, 4.69) is 56.8 Å². The maximum Gasteiger partial charge on any atom is 0.146 e. The van der Waals surface area contributed by atoms with E-state index in [0.29, 0.717) is 0 Å². The maximum absolute atomic E-state index is 4.94. The van der Waals surface area contributed by atoms with Crippen LogP contribution in [-0.2, 0) is 6.42 Å². The molecule has 28 heavy (non-hydrogen) atoms. The van der Waals surface area contributed by atoms with E-state index in [1.165, 1.54) is 38.4 Å². The van der Waals surface area contributed by atoms with Crippen LogP contribution in [0.4, 0.5) is 0 Å². The van der Waals surface area contributed by atoms with Crippen LogP contribution in [0.15, 0.2) is 73.3 Å². The molecule has 0 saturated heterocycles. The molecule has 0 aliphatic heterocycles. The van der Waals surface area contributed by atoms with Crippen molar-refractivity contribution in [2.45, 2.75) is 6.42 Å². The standard InChI is InChI=1S/C24H14N4/c1-2-4-16-14(3-1)9-15-10-20-19(11-18(15)16)17-5-7-26-13-23(17)28-22-6-8-25-12-21(22)27-24(20)28/h1-8,10-13H,9H2. The van der Waals surface area contributed by atoms with Gasteiger partial charge in [-0.25, -0.2) is 4.98 Å². The van der Waals surface area contributed by atoms with Crippen LogP contribution < -0.4 is 0 Å². The van der Waals surface area contributed by atoms with Gasteiger partial charge in [-0.1, -0.05) is 24.3 Å². The van der Waals surface area contributed by atoms with Crippen molar-refractivity contribution >= 4 is 38.4 Å². The smallest absolute Gasteiger partial charge is 0.146 e. The molecule has 4 aromatic heterocycles. The van der Waals surface area contributed by atoms with Gasteiger partial charge in [0.05, 0.1) is 23.4 Å². The zero-order chi connectivity index (χ0) is 18.2. The molecular formula is C24H14N4. The summed E-state index contributed by atoms with van der Waals surface area (Å²) in [5, 5.41) is 3.60. The minimum atomic E-state index is 0.906. The molecule has 0 atom stereocenters. The van der Waals surface area contributed by atoms with Gasteiger partial charge in [-0.2, -0.15) is 0 Å². The summed E-state index contributed by atoms with van der Waals surface area (Å²) < 4.78 is 2.22. The highest BCUT2D eigenvalue weighted by Gasteiger charge is 2.21. The van der Waals surface area contributed by atoms with Crippen LogP contribution in [0.2, 0.25) is 0 Å². The zero-order valence-corrected chi connectivity index (χ0v) is 14.9. The predicted molar refractivity (Wildman–Crippen MR) is 112 cm³/mol. The van der Waals surface area contributed by atoms with Crippen molar-refractivity contribution in [3.63, 3.8) is 0 Å². The Hall–Kier alpha value is -3.79. The molecule has 0 bridgehead atoms. The van der Waals surface area contributed by atoms with Crippen molar-refractivity contribution in [3.05, 3.63) is 84.4 Å². The molecule has 0 fully saturated rings. The highest BCUT2D eigenvalue weighted by atomic mass is 15.0. The number of benzene rings is 2. The minimum absolute atomic E-state index is 0.906. The number of fused-ring (bicyclic) bond motifs is 11. The van der Waals surface area contributed by atoms with E-state index in [-0.39, 0.29) is 0 Å². The van der Waals surface area contributed by atoms with Gasteiger partial charge in [-0.05, 0) is 58.3 Å². The fourth-order valence-corrected chi connectivity index (χ4v) is 4.74. The quantitative estimate of drug-likeness (QED) is 0.352. The highest BCUT2D eigenvalue weighted by Crippen LogP contribution is 2.41. The second-order valence-corrected chi connectivity index (χ2v) is 7.42. The molecule has 0 amide bonds. The number of imidazole rings is 1. The largest absolute Gasteiger partial charge is 0.290 e. The molecule has 0 N–H and O–H groups in total. The van der Waals surface area contributed by atoms with E-state index in [0.717, 1.165) is 28.6 Å². The summed E-state index contributed by atoms with van der Waals surface area (Å²) in [5.41, 5.74) is 9.46. The molecule has 2 aromatic carbocycles. The monoisotopic (exact) mass is 358 g/mol. The zero-order valence-electron chi connectivity index (χ0n) is 14.9. The summed E-state index contributed by atoms with van der Waals surface area (Å²) in [6, 6.07) is 17.5. The fourth-order valence-electron chi connectivity index (χ4n) is 4.74. The minimum Gasteiger partial charge on any atom is -0.290 e. The average Bonchev–Trinajstić information content (AvgIpc) is 3.31. The molecule has 0 radical (unpaired) electrons. The molecule has 4 heterocycles. The molecule has 7 rings (SSSR count). The van der Waals surface area contributed by atoms with Gasteiger partial charge < -0.3 is 0 Å². The maximum atomic E-state index is 4.94. The second-order valence-electron chi connectivity index (χ2n) is 7.42. The molecule has 0 saturated carbocycles. The molecule has 0 spiro atoms. The summed E-state index contributed by atoms with van der Waals surface area (Å²) >= 11 is 0. The van der Waals surface area contributed by atoms with Gasteiger partial charge in [0.2, 0.25) is 0 Å². The van der Waals surface area contributed by atoms with Crippen molar-refractivity contribution in [2.24, 2.45) is 0 Å². The van der Waals surface area contributed by atoms with Gasteiger partial charge in [-0.15, -0.1) is 0 Å². The second kappa shape index (κ2) is 4.93. The first-order chi connectivity index (χ1) is 13.9. The third kappa shape index (κ3) is 1.68. The molecule has 4 nitrogen and oxygen atoms in total. The molecule has 1 aliphatic carbocycles. The first kappa shape index (κ1) is 14.3. The highest BCUT2D eigenvalue weighted by molar-refractivity contribution is 6.15. The number of hydrogen-bond acceptors (Lipinski definition) is 3. The number of nitrogens with zero attached hydrogens (tertiary/aromatic N) is 4. The SMILES string of the molecule is c1ccc2c(c1)Cc1cc3c(cc1-2)c1ccncc1n1c2ccncc2nc31. The van der Waals surface area contributed by atoms with Crippen LogP contribution in [0.25, 0.3) is 49.5 Å². The topological polar surface area (TPSA) is 43.1 Å². The number of rotatable bonds is 0. The van der Waals surface area contributed by atoms with Crippen molar-refractivity contribution in [2.75, 3.05) is 0 Å². The normalized spacial score (nSPS) is 12.9. The Morgan fingerprint density at radius 3 is 2.61 bits per heavy atom. The van der Waals surface area contributed by atoms with E-state index in [1.807, 2.05) is 30.9 Å². The average molecular weight is 358 g/mol. The fraction of sp³-hybridized carbons (Fsp3) is 0.0417. The van der Waals surface area contributed by atoms with Gasteiger partial charge >= 0.3 is 0 Å². The van der Waals surface area contributed by atoms with Crippen molar-refractivity contribution in [1.82, 2.24) is 19.4 Å². The molecule has 4 heteroatoms. The Morgan fingerprint density at radius 1 is 0.714 bits per heavy atom. The Balaban J connectivity index is 1.74. The summed E-state index contributed by atoms with van der Waals surface area (Å²) in [5.74, 6) is 0. The number of aromatic nitrogens is 4. The van der Waals surface area contributed by atoms with Crippen LogP contribution >= 0.6 is 0 Å². The number of hydrogen-bond donors (Lipinski definition) is 0. The summed E-state index contributed by atoms with van der Waals surface area (Å²) in [6.45, 7) is 0. The first-order valence-corrected chi connectivity index (χ1v) is 9.41. The summed E-state index contributed by atoms with van der Waals surface area (Å²) in [6.07, 6.45) is 8.44. The third-order valence-electron chi connectivity index (χ3n) is 5.96. The van der Waals surface area contributed by atoms with Gasteiger partial charge in [0, 0.05) is 23.2 Å². The lowest BCUT2D eigenvalue weighted by molar-refractivity contribution is 1.25. The van der Waals surface area contributed by atoms with Crippen molar-refractivity contribution in [1.29, 1.82) is 0 Å². The first-order valence-electron chi connectivity index (χ1n) is 9.41. The van der Waals surface area contributed by atoms with Crippen LogP contribution in [0.1, 0.15) is 11.1 Å². The van der Waals surface area contributed by atoms with Gasteiger partial charge in [0.1, 0.15) is 11.2 Å². The lowest BCUT2D eigenvalue weighted by atomic mass is 9.99. The molecular weight excluding hydrogens is 344 g/mol. The molecule has 130 valence electrons. The van der Waals surface area contributed by atoms with Crippen LogP contribution in [-0.4, -0.2) is 19.4 Å². The van der Waals surface area contributed by atoms with Crippen LogP contribution in [0.5, 0.6) is 0 Å². The Morgan fingerprint density at radius 2 is 1.61 bits per heavy atom. The Labute approximate surface area is 160 Å². The molecule has 6 aromatic rings. The Bertz CT molecular complexity index is 1590. The lowest BCUT2D eigenvalue weighted by Gasteiger charge is -2.11.